The number of rotatable bonds is 4. The summed E-state index contributed by atoms with van der Waals surface area (Å²) in [7, 11) is 3.27. The maximum Gasteiger partial charge on any atom is 0.243 e. The van der Waals surface area contributed by atoms with Crippen molar-refractivity contribution in [1.29, 1.82) is 0 Å². The van der Waals surface area contributed by atoms with Gasteiger partial charge in [-0.05, 0) is 43.6 Å². The van der Waals surface area contributed by atoms with E-state index in [4.69, 9.17) is 14.6 Å². The van der Waals surface area contributed by atoms with Crippen molar-refractivity contribution in [2.24, 2.45) is 11.0 Å². The van der Waals surface area contributed by atoms with Crippen molar-refractivity contribution in [3.05, 3.63) is 23.8 Å². The van der Waals surface area contributed by atoms with Crippen LogP contribution in [0.2, 0.25) is 0 Å². The van der Waals surface area contributed by atoms with Crippen molar-refractivity contribution in [3.8, 4) is 11.5 Å². The SMILES string of the molecule is CCC(=O)N1N=C2C3CCN(CC3)C2C1c1ccc(OC)c(OC)c1. The first-order chi connectivity index (χ1) is 12.2. The van der Waals surface area contributed by atoms with Gasteiger partial charge in [-0.3, -0.25) is 9.69 Å². The predicted octanol–water partition coefficient (Wildman–Crippen LogP) is 2.45. The third-order valence-electron chi connectivity index (χ3n) is 5.74. The van der Waals surface area contributed by atoms with E-state index in [1.165, 1.54) is 5.71 Å². The molecule has 1 aromatic carbocycles. The molecule has 4 heterocycles. The summed E-state index contributed by atoms with van der Waals surface area (Å²) in [5, 5.41) is 6.53. The molecule has 0 N–H and O–H groups in total. The zero-order chi connectivity index (χ0) is 17.6. The first kappa shape index (κ1) is 16.4. The van der Waals surface area contributed by atoms with Crippen molar-refractivity contribution in [1.82, 2.24) is 9.91 Å². The number of fused-ring (bicyclic) bond motifs is 2. The van der Waals surface area contributed by atoms with Gasteiger partial charge in [0.1, 0.15) is 6.04 Å². The largest absolute Gasteiger partial charge is 0.493 e. The Hall–Kier alpha value is -2.08. The normalized spacial score (nSPS) is 30.0. The summed E-state index contributed by atoms with van der Waals surface area (Å²) in [5.41, 5.74) is 2.25. The second-order valence-electron chi connectivity index (χ2n) is 6.93. The number of hydrogen-bond donors (Lipinski definition) is 0. The molecule has 5 rings (SSSR count). The number of amides is 1. The van der Waals surface area contributed by atoms with E-state index in [0.29, 0.717) is 23.8 Å². The number of piperidine rings is 3. The van der Waals surface area contributed by atoms with Gasteiger partial charge in [0.05, 0.1) is 26.0 Å². The summed E-state index contributed by atoms with van der Waals surface area (Å²) < 4.78 is 10.8. The van der Waals surface area contributed by atoms with Gasteiger partial charge < -0.3 is 9.47 Å². The molecule has 1 aromatic rings. The number of carbonyl (C=O) groups is 1. The fourth-order valence-corrected chi connectivity index (χ4v) is 4.46. The Kier molecular flexibility index (Phi) is 4.15. The van der Waals surface area contributed by atoms with E-state index < -0.39 is 0 Å². The first-order valence-corrected chi connectivity index (χ1v) is 9.04. The van der Waals surface area contributed by atoms with Gasteiger partial charge in [-0.1, -0.05) is 13.0 Å². The molecular formula is C19H25N3O3. The average molecular weight is 343 g/mol. The van der Waals surface area contributed by atoms with E-state index in [0.717, 1.165) is 31.5 Å². The molecule has 1 amide bonds. The molecule has 3 fully saturated rings. The molecule has 2 bridgehead atoms. The van der Waals surface area contributed by atoms with Gasteiger partial charge >= 0.3 is 0 Å². The quantitative estimate of drug-likeness (QED) is 0.843. The molecule has 0 aliphatic carbocycles. The van der Waals surface area contributed by atoms with Crippen LogP contribution in [-0.2, 0) is 4.79 Å². The van der Waals surface area contributed by atoms with Gasteiger partial charge in [-0.25, -0.2) is 5.01 Å². The van der Waals surface area contributed by atoms with Gasteiger partial charge in [0.25, 0.3) is 0 Å². The van der Waals surface area contributed by atoms with Crippen LogP contribution in [0.3, 0.4) is 0 Å². The lowest BCUT2D eigenvalue weighted by Crippen LogP contribution is -2.56. The zero-order valence-electron chi connectivity index (χ0n) is 15.1. The summed E-state index contributed by atoms with van der Waals surface area (Å²) in [6.45, 7) is 4.07. The molecule has 134 valence electrons. The Labute approximate surface area is 148 Å². The minimum Gasteiger partial charge on any atom is -0.493 e. The molecule has 6 nitrogen and oxygen atoms in total. The van der Waals surface area contributed by atoms with Crippen molar-refractivity contribution >= 4 is 11.6 Å². The van der Waals surface area contributed by atoms with Crippen LogP contribution < -0.4 is 9.47 Å². The summed E-state index contributed by atoms with van der Waals surface area (Å²) >= 11 is 0. The van der Waals surface area contributed by atoms with Crippen LogP contribution in [0.25, 0.3) is 0 Å². The second kappa shape index (κ2) is 6.33. The van der Waals surface area contributed by atoms with Crippen LogP contribution in [0, 0.1) is 5.92 Å². The number of carbonyl (C=O) groups excluding carboxylic acids is 1. The maximum atomic E-state index is 12.6. The van der Waals surface area contributed by atoms with Crippen LogP contribution in [0.5, 0.6) is 11.5 Å². The summed E-state index contributed by atoms with van der Waals surface area (Å²) in [4.78, 5) is 15.1. The minimum absolute atomic E-state index is 0.0716. The van der Waals surface area contributed by atoms with E-state index in [-0.39, 0.29) is 18.0 Å². The highest BCUT2D eigenvalue weighted by Gasteiger charge is 2.51. The molecule has 2 unspecified atom stereocenters. The molecule has 0 saturated carbocycles. The number of methoxy groups -OCH3 is 2. The number of benzene rings is 1. The van der Waals surface area contributed by atoms with Gasteiger partial charge in [-0.15, -0.1) is 0 Å². The minimum atomic E-state index is -0.0784. The molecule has 3 saturated heterocycles. The van der Waals surface area contributed by atoms with Gasteiger partial charge in [0.2, 0.25) is 5.91 Å². The van der Waals surface area contributed by atoms with Crippen molar-refractivity contribution in [3.63, 3.8) is 0 Å². The number of ether oxygens (including phenoxy) is 2. The lowest BCUT2D eigenvalue weighted by molar-refractivity contribution is -0.133. The molecule has 6 heteroatoms. The fraction of sp³-hybridized carbons (Fsp3) is 0.579. The Morgan fingerprint density at radius 1 is 1.16 bits per heavy atom. The number of nitrogens with zero attached hydrogens (tertiary/aromatic N) is 3. The number of hydrazone groups is 1. The van der Waals surface area contributed by atoms with E-state index in [9.17, 15) is 4.79 Å². The highest BCUT2D eigenvalue weighted by atomic mass is 16.5. The molecule has 25 heavy (non-hydrogen) atoms. The van der Waals surface area contributed by atoms with Crippen LogP contribution in [0.4, 0.5) is 0 Å². The van der Waals surface area contributed by atoms with E-state index >= 15 is 0 Å². The maximum absolute atomic E-state index is 12.6. The molecule has 0 spiro atoms. The molecule has 0 radical (unpaired) electrons. The molecular weight excluding hydrogens is 318 g/mol. The molecule has 0 aromatic heterocycles. The molecule has 4 aliphatic heterocycles. The summed E-state index contributed by atoms with van der Waals surface area (Å²) in [5.74, 6) is 1.98. The molecule has 4 aliphatic rings. The summed E-state index contributed by atoms with van der Waals surface area (Å²) in [6, 6.07) is 6.05. The average Bonchev–Trinajstić information content (AvgIpc) is 3.10. The lowest BCUT2D eigenvalue weighted by Gasteiger charge is -2.46. The third-order valence-corrected chi connectivity index (χ3v) is 5.74. The van der Waals surface area contributed by atoms with Crippen LogP contribution in [0.1, 0.15) is 37.8 Å². The monoisotopic (exact) mass is 343 g/mol. The highest BCUT2D eigenvalue weighted by molar-refractivity contribution is 5.97. The first-order valence-electron chi connectivity index (χ1n) is 9.04. The lowest BCUT2D eigenvalue weighted by atomic mass is 9.78. The smallest absolute Gasteiger partial charge is 0.243 e. The van der Waals surface area contributed by atoms with Crippen molar-refractivity contribution in [2.75, 3.05) is 27.3 Å². The van der Waals surface area contributed by atoms with Gasteiger partial charge in [-0.2, -0.15) is 5.10 Å². The standard InChI is InChI=1S/C19H25N3O3/c1-4-16(23)22-18(13-5-6-14(24-2)15(11-13)25-3)19-17(20-22)12-7-9-21(19)10-8-12/h5-6,11-12,18-19H,4,7-10H2,1-3H3. The Bertz CT molecular complexity index is 710. The zero-order valence-corrected chi connectivity index (χ0v) is 15.1. The van der Waals surface area contributed by atoms with Gasteiger partial charge in [0.15, 0.2) is 11.5 Å². The third kappa shape index (κ3) is 2.51. The van der Waals surface area contributed by atoms with Crippen LogP contribution in [0.15, 0.2) is 23.3 Å². The molecule has 2 atom stereocenters. The van der Waals surface area contributed by atoms with Crippen LogP contribution in [-0.4, -0.2) is 54.9 Å². The van der Waals surface area contributed by atoms with E-state index in [1.54, 1.807) is 19.2 Å². The number of hydrogen-bond acceptors (Lipinski definition) is 5. The van der Waals surface area contributed by atoms with Crippen molar-refractivity contribution in [2.45, 2.75) is 38.3 Å². The highest BCUT2D eigenvalue weighted by Crippen LogP contribution is 2.44. The Balaban J connectivity index is 1.77. The van der Waals surface area contributed by atoms with Gasteiger partial charge in [0, 0.05) is 12.3 Å². The fourth-order valence-electron chi connectivity index (χ4n) is 4.46. The van der Waals surface area contributed by atoms with Crippen LogP contribution >= 0.6 is 0 Å². The Morgan fingerprint density at radius 3 is 2.52 bits per heavy atom. The van der Waals surface area contributed by atoms with E-state index in [2.05, 4.69) is 4.90 Å². The Morgan fingerprint density at radius 2 is 1.88 bits per heavy atom. The predicted molar refractivity (Wildman–Crippen MR) is 94.9 cm³/mol. The second-order valence-corrected chi connectivity index (χ2v) is 6.93. The summed E-state index contributed by atoms with van der Waals surface area (Å²) in [6.07, 6.45) is 2.77. The van der Waals surface area contributed by atoms with Crippen molar-refractivity contribution < 1.29 is 14.3 Å². The van der Waals surface area contributed by atoms with E-state index in [1.807, 2.05) is 25.1 Å². The topological polar surface area (TPSA) is 54.4 Å².